The minimum atomic E-state index is -0.933. The molecule has 0 saturated carbocycles. The second-order valence-corrected chi connectivity index (χ2v) is 2.60. The summed E-state index contributed by atoms with van der Waals surface area (Å²) in [5.74, 6) is -0.933. The average molecular weight is 202 g/mol. The topological polar surface area (TPSA) is 106 Å². The molecule has 1 atom stereocenters. The molecule has 0 aromatic carbocycles. The monoisotopic (exact) mass is 202 g/mol. The first-order valence-electron chi connectivity index (χ1n) is 4.34. The van der Waals surface area contributed by atoms with Crippen molar-refractivity contribution in [2.45, 2.75) is 25.3 Å². The molecule has 0 rings (SSSR count). The zero-order valence-corrected chi connectivity index (χ0v) is 8.19. The zero-order valence-electron chi connectivity index (χ0n) is 8.19. The zero-order chi connectivity index (χ0) is 11.4. The number of aliphatic carboxylic acids is 1. The van der Waals surface area contributed by atoms with Crippen molar-refractivity contribution in [3.63, 3.8) is 0 Å². The number of carboxylic acid groups (broad SMARTS) is 1. The summed E-state index contributed by atoms with van der Waals surface area (Å²) >= 11 is 0. The summed E-state index contributed by atoms with van der Waals surface area (Å²) < 4.78 is 0. The molecule has 0 amide bonds. The number of carbonyl (C=O) groups excluding carboxylic acids is 1. The van der Waals surface area contributed by atoms with Crippen LogP contribution in [0.1, 0.15) is 19.3 Å². The number of carbonyl (C=O) groups is 2. The van der Waals surface area contributed by atoms with Crippen molar-refractivity contribution in [3.05, 3.63) is 12.7 Å². The van der Waals surface area contributed by atoms with Crippen LogP contribution in [-0.2, 0) is 9.59 Å². The molecule has 0 aliphatic rings. The maximum absolute atomic E-state index is 10.1. The largest absolute Gasteiger partial charge is 0.480 e. The maximum Gasteiger partial charge on any atom is 0.320 e. The van der Waals surface area contributed by atoms with Crippen LogP contribution in [-0.4, -0.2) is 29.9 Å². The second-order valence-electron chi connectivity index (χ2n) is 2.60. The summed E-state index contributed by atoms with van der Waals surface area (Å²) in [4.78, 5) is 19.2. The van der Waals surface area contributed by atoms with Gasteiger partial charge in [-0.2, -0.15) is 0 Å². The van der Waals surface area contributed by atoms with E-state index in [1.165, 1.54) is 6.08 Å². The number of rotatable bonds is 6. The highest BCUT2D eigenvalue weighted by Gasteiger charge is 2.09. The van der Waals surface area contributed by atoms with Crippen LogP contribution >= 0.6 is 0 Å². The summed E-state index contributed by atoms with van der Waals surface area (Å²) in [7, 11) is 0. The highest BCUT2D eigenvalue weighted by atomic mass is 16.4. The highest BCUT2D eigenvalue weighted by Crippen LogP contribution is 1.96. The molecule has 0 unspecified atom stereocenters. The van der Waals surface area contributed by atoms with E-state index in [9.17, 15) is 4.79 Å². The van der Waals surface area contributed by atoms with Crippen molar-refractivity contribution in [3.8, 4) is 0 Å². The third-order valence-corrected chi connectivity index (χ3v) is 1.38. The summed E-state index contributed by atoms with van der Waals surface area (Å²) in [6, 6.07) is -0.716. The standard InChI is InChI=1S/C6H14N2O2.C3H4O/c7-4-2-1-3-5(8)6(9)10;1-2-3-4/h5H,1-4,7-8H2,(H,9,10);2-3H,1H2/t5-;/m0./s1. The Bertz CT molecular complexity index is 165. The lowest BCUT2D eigenvalue weighted by Gasteiger charge is -2.03. The van der Waals surface area contributed by atoms with Crippen LogP contribution in [0.15, 0.2) is 12.7 Å². The number of allylic oxidation sites excluding steroid dienone is 1. The van der Waals surface area contributed by atoms with Crippen LogP contribution in [0.3, 0.4) is 0 Å². The molecule has 5 nitrogen and oxygen atoms in total. The fourth-order valence-electron chi connectivity index (χ4n) is 0.632. The SMILES string of the molecule is C=CC=O.NCCCC[C@H](N)C(=O)O. The molecule has 0 spiro atoms. The van der Waals surface area contributed by atoms with Crippen molar-refractivity contribution in [2.24, 2.45) is 11.5 Å². The van der Waals surface area contributed by atoms with E-state index >= 15 is 0 Å². The van der Waals surface area contributed by atoms with E-state index in [-0.39, 0.29) is 0 Å². The molecule has 0 saturated heterocycles. The van der Waals surface area contributed by atoms with E-state index < -0.39 is 12.0 Å². The minimum absolute atomic E-state index is 0.520. The van der Waals surface area contributed by atoms with Crippen LogP contribution in [0.2, 0.25) is 0 Å². The van der Waals surface area contributed by atoms with E-state index in [0.717, 1.165) is 12.8 Å². The molecular weight excluding hydrogens is 184 g/mol. The third-order valence-electron chi connectivity index (χ3n) is 1.38. The molecule has 0 aliphatic carbocycles. The lowest BCUT2D eigenvalue weighted by molar-refractivity contribution is -0.138. The van der Waals surface area contributed by atoms with E-state index in [1.54, 1.807) is 0 Å². The van der Waals surface area contributed by atoms with Crippen molar-refractivity contribution < 1.29 is 14.7 Å². The van der Waals surface area contributed by atoms with Gasteiger partial charge >= 0.3 is 5.97 Å². The highest BCUT2D eigenvalue weighted by molar-refractivity contribution is 5.72. The minimum Gasteiger partial charge on any atom is -0.480 e. The molecule has 0 aromatic rings. The van der Waals surface area contributed by atoms with Gasteiger partial charge in [-0.1, -0.05) is 13.0 Å². The number of hydrogen-bond donors (Lipinski definition) is 3. The van der Waals surface area contributed by atoms with Crippen molar-refractivity contribution >= 4 is 12.3 Å². The van der Waals surface area contributed by atoms with E-state index in [2.05, 4.69) is 6.58 Å². The Morgan fingerprint density at radius 1 is 1.50 bits per heavy atom. The van der Waals surface area contributed by atoms with Crippen molar-refractivity contribution in [1.29, 1.82) is 0 Å². The Morgan fingerprint density at radius 3 is 2.29 bits per heavy atom. The molecule has 5 heteroatoms. The van der Waals surface area contributed by atoms with Gasteiger partial charge in [0.2, 0.25) is 0 Å². The van der Waals surface area contributed by atoms with Crippen molar-refractivity contribution in [1.82, 2.24) is 0 Å². The average Bonchev–Trinajstić information content (AvgIpc) is 2.18. The molecular formula is C9H18N2O3. The molecule has 82 valence electrons. The summed E-state index contributed by atoms with van der Waals surface area (Å²) in [5, 5.41) is 8.33. The lowest BCUT2D eigenvalue weighted by atomic mass is 10.1. The van der Waals surface area contributed by atoms with Gasteiger partial charge in [-0.15, -0.1) is 0 Å². The summed E-state index contributed by atoms with van der Waals surface area (Å²) in [5.41, 5.74) is 10.4. The van der Waals surface area contributed by atoms with Crippen LogP contribution in [0.4, 0.5) is 0 Å². The fraction of sp³-hybridized carbons (Fsp3) is 0.556. The van der Waals surface area contributed by atoms with Gasteiger partial charge in [-0.3, -0.25) is 9.59 Å². The quantitative estimate of drug-likeness (QED) is 0.317. The van der Waals surface area contributed by atoms with E-state index in [4.69, 9.17) is 21.4 Å². The molecule has 14 heavy (non-hydrogen) atoms. The second kappa shape index (κ2) is 11.8. The van der Waals surface area contributed by atoms with Gasteiger partial charge in [0.1, 0.15) is 12.3 Å². The van der Waals surface area contributed by atoms with Crippen LogP contribution in [0.25, 0.3) is 0 Å². The molecule has 5 N–H and O–H groups in total. The van der Waals surface area contributed by atoms with Crippen LogP contribution in [0, 0.1) is 0 Å². The van der Waals surface area contributed by atoms with Crippen LogP contribution in [0.5, 0.6) is 0 Å². The normalized spacial score (nSPS) is 10.7. The number of nitrogens with two attached hydrogens (primary N) is 2. The number of carboxylic acids is 1. The molecule has 0 aliphatic heterocycles. The molecule has 0 bridgehead atoms. The van der Waals surface area contributed by atoms with Gasteiger partial charge in [-0.25, -0.2) is 0 Å². The third kappa shape index (κ3) is 13.4. The predicted octanol–water partition coefficient (Wildman–Crippen LogP) is -0.101. The maximum atomic E-state index is 10.1. The summed E-state index contributed by atoms with van der Waals surface area (Å²) in [6.45, 7) is 3.71. The van der Waals surface area contributed by atoms with Crippen molar-refractivity contribution in [2.75, 3.05) is 6.54 Å². The molecule has 0 fully saturated rings. The summed E-state index contributed by atoms with van der Waals surface area (Å²) in [6.07, 6.45) is 4.00. The number of unbranched alkanes of at least 4 members (excludes halogenated alkanes) is 1. The smallest absolute Gasteiger partial charge is 0.320 e. The first-order chi connectivity index (χ1) is 6.59. The van der Waals surface area contributed by atoms with Crippen LogP contribution < -0.4 is 11.5 Å². The van der Waals surface area contributed by atoms with E-state index in [1.807, 2.05) is 0 Å². The van der Waals surface area contributed by atoms with Gasteiger partial charge in [0, 0.05) is 0 Å². The van der Waals surface area contributed by atoms with Gasteiger partial charge in [-0.05, 0) is 25.5 Å². The number of aldehydes is 1. The van der Waals surface area contributed by atoms with Gasteiger partial charge in [0.15, 0.2) is 0 Å². The Morgan fingerprint density at radius 2 is 2.00 bits per heavy atom. The molecule has 0 heterocycles. The Hall–Kier alpha value is -1.20. The van der Waals surface area contributed by atoms with Gasteiger partial charge < -0.3 is 16.6 Å². The van der Waals surface area contributed by atoms with Gasteiger partial charge in [0.25, 0.3) is 0 Å². The number of hydrogen-bond acceptors (Lipinski definition) is 4. The Kier molecular flexibility index (Phi) is 12.9. The predicted molar refractivity (Wildman–Crippen MR) is 54.8 cm³/mol. The first kappa shape index (κ1) is 15.3. The molecule has 0 radical (unpaired) electrons. The first-order valence-corrected chi connectivity index (χ1v) is 4.34. The van der Waals surface area contributed by atoms with Gasteiger partial charge in [0.05, 0.1) is 0 Å². The molecule has 0 aromatic heterocycles. The Balaban J connectivity index is 0. The Labute approximate surface area is 83.8 Å². The lowest BCUT2D eigenvalue weighted by Crippen LogP contribution is -2.29. The fourth-order valence-corrected chi connectivity index (χ4v) is 0.632. The van der Waals surface area contributed by atoms with E-state index in [0.29, 0.717) is 19.3 Å².